The zero-order chi connectivity index (χ0) is 13.8. The topological polar surface area (TPSA) is 46.3 Å². The second-order valence-electron chi connectivity index (χ2n) is 5.87. The SMILES string of the molecule is CC(C)C[C@H](CN)CC(=O)N1CCc2sccc2C1. The van der Waals surface area contributed by atoms with Crippen LogP contribution >= 0.6 is 11.3 Å². The lowest BCUT2D eigenvalue weighted by atomic mass is 9.93. The molecule has 2 N–H and O–H groups in total. The number of thiophene rings is 1. The molecule has 0 unspecified atom stereocenters. The van der Waals surface area contributed by atoms with Crippen LogP contribution in [-0.4, -0.2) is 23.9 Å². The summed E-state index contributed by atoms with van der Waals surface area (Å²) < 4.78 is 0. The standard InChI is InChI=1S/C15H24N2OS/c1-11(2)7-12(9-16)8-15(18)17-5-3-14-13(10-17)4-6-19-14/h4,6,11-12H,3,5,7-10,16H2,1-2H3/t12-/m0/s1. The van der Waals surface area contributed by atoms with Crippen molar-refractivity contribution in [3.8, 4) is 0 Å². The lowest BCUT2D eigenvalue weighted by Gasteiger charge is -2.28. The largest absolute Gasteiger partial charge is 0.338 e. The Hall–Kier alpha value is -0.870. The van der Waals surface area contributed by atoms with E-state index in [2.05, 4.69) is 25.3 Å². The van der Waals surface area contributed by atoms with E-state index in [1.54, 1.807) is 0 Å². The maximum atomic E-state index is 12.4. The molecule has 2 rings (SSSR count). The predicted molar refractivity (Wildman–Crippen MR) is 80.1 cm³/mol. The summed E-state index contributed by atoms with van der Waals surface area (Å²) in [6, 6.07) is 2.15. The molecule has 19 heavy (non-hydrogen) atoms. The highest BCUT2D eigenvalue weighted by Gasteiger charge is 2.23. The Kier molecular flexibility index (Phi) is 4.99. The molecule has 1 aliphatic rings. The Balaban J connectivity index is 1.90. The Bertz CT molecular complexity index is 428. The van der Waals surface area contributed by atoms with E-state index in [4.69, 9.17) is 5.73 Å². The summed E-state index contributed by atoms with van der Waals surface area (Å²) >= 11 is 1.81. The van der Waals surface area contributed by atoms with Gasteiger partial charge in [-0.2, -0.15) is 0 Å². The van der Waals surface area contributed by atoms with Crippen molar-refractivity contribution in [2.75, 3.05) is 13.1 Å². The van der Waals surface area contributed by atoms with Crippen molar-refractivity contribution in [2.45, 2.75) is 39.7 Å². The van der Waals surface area contributed by atoms with Gasteiger partial charge in [0.05, 0.1) is 0 Å². The number of amides is 1. The van der Waals surface area contributed by atoms with Crippen LogP contribution in [0.2, 0.25) is 0 Å². The zero-order valence-electron chi connectivity index (χ0n) is 11.9. The molecule has 3 nitrogen and oxygen atoms in total. The number of hydrogen-bond acceptors (Lipinski definition) is 3. The van der Waals surface area contributed by atoms with Crippen molar-refractivity contribution in [2.24, 2.45) is 17.6 Å². The molecule has 1 aromatic heterocycles. The summed E-state index contributed by atoms with van der Waals surface area (Å²) in [6.45, 7) is 6.64. The third-order valence-corrected chi connectivity index (χ3v) is 4.78. The van der Waals surface area contributed by atoms with Gasteiger partial charge in [-0.15, -0.1) is 11.3 Å². The van der Waals surface area contributed by atoms with Gasteiger partial charge in [-0.05, 0) is 48.2 Å². The number of carbonyl (C=O) groups is 1. The lowest BCUT2D eigenvalue weighted by Crippen LogP contribution is -2.37. The average molecular weight is 280 g/mol. The molecule has 0 fully saturated rings. The van der Waals surface area contributed by atoms with Crippen LogP contribution in [0.1, 0.15) is 37.1 Å². The van der Waals surface area contributed by atoms with E-state index >= 15 is 0 Å². The van der Waals surface area contributed by atoms with E-state index in [1.165, 1.54) is 10.4 Å². The minimum atomic E-state index is 0.271. The minimum Gasteiger partial charge on any atom is -0.338 e. The zero-order valence-corrected chi connectivity index (χ0v) is 12.7. The van der Waals surface area contributed by atoms with E-state index in [0.29, 0.717) is 24.8 Å². The molecular weight excluding hydrogens is 256 g/mol. The maximum absolute atomic E-state index is 12.4. The van der Waals surface area contributed by atoms with Crippen LogP contribution in [0.15, 0.2) is 11.4 Å². The summed E-state index contributed by atoms with van der Waals surface area (Å²) in [4.78, 5) is 15.8. The van der Waals surface area contributed by atoms with Gasteiger partial charge >= 0.3 is 0 Å². The van der Waals surface area contributed by atoms with Crippen molar-refractivity contribution < 1.29 is 4.79 Å². The third-order valence-electron chi connectivity index (χ3n) is 3.76. The average Bonchev–Trinajstić information content (AvgIpc) is 2.84. The molecule has 0 saturated carbocycles. The summed E-state index contributed by atoms with van der Waals surface area (Å²) in [5.74, 6) is 1.20. The molecule has 2 heterocycles. The molecule has 0 radical (unpaired) electrons. The fourth-order valence-electron chi connectivity index (χ4n) is 2.77. The highest BCUT2D eigenvalue weighted by Crippen LogP contribution is 2.25. The first-order chi connectivity index (χ1) is 9.10. The highest BCUT2D eigenvalue weighted by molar-refractivity contribution is 7.10. The van der Waals surface area contributed by atoms with E-state index in [-0.39, 0.29) is 5.91 Å². The molecular formula is C15H24N2OS. The van der Waals surface area contributed by atoms with Gasteiger partial charge < -0.3 is 10.6 Å². The van der Waals surface area contributed by atoms with Crippen molar-refractivity contribution in [1.29, 1.82) is 0 Å². The number of fused-ring (bicyclic) bond motifs is 1. The van der Waals surface area contributed by atoms with Gasteiger partial charge in [0.2, 0.25) is 5.91 Å². The summed E-state index contributed by atoms with van der Waals surface area (Å²) in [7, 11) is 0. The summed E-state index contributed by atoms with van der Waals surface area (Å²) in [6.07, 6.45) is 2.66. The van der Waals surface area contributed by atoms with Gasteiger partial charge in [0, 0.05) is 24.4 Å². The molecule has 4 heteroatoms. The van der Waals surface area contributed by atoms with Crippen molar-refractivity contribution in [3.63, 3.8) is 0 Å². The van der Waals surface area contributed by atoms with E-state index in [9.17, 15) is 4.79 Å². The molecule has 0 spiro atoms. The normalized spacial score (nSPS) is 16.5. The molecule has 0 saturated heterocycles. The molecule has 0 aromatic carbocycles. The second kappa shape index (κ2) is 6.53. The monoisotopic (exact) mass is 280 g/mol. The van der Waals surface area contributed by atoms with Crippen LogP contribution in [0.5, 0.6) is 0 Å². The van der Waals surface area contributed by atoms with E-state index < -0.39 is 0 Å². The van der Waals surface area contributed by atoms with Crippen LogP contribution in [0, 0.1) is 11.8 Å². The van der Waals surface area contributed by atoms with Crippen molar-refractivity contribution >= 4 is 17.2 Å². The summed E-state index contributed by atoms with van der Waals surface area (Å²) in [5, 5.41) is 2.13. The van der Waals surface area contributed by atoms with Crippen LogP contribution in [0.3, 0.4) is 0 Å². The maximum Gasteiger partial charge on any atom is 0.223 e. The van der Waals surface area contributed by atoms with E-state index in [0.717, 1.165) is 25.9 Å². The highest BCUT2D eigenvalue weighted by atomic mass is 32.1. The molecule has 1 aliphatic heterocycles. The number of nitrogens with two attached hydrogens (primary N) is 1. The number of hydrogen-bond donors (Lipinski definition) is 1. The van der Waals surface area contributed by atoms with E-state index in [1.807, 2.05) is 16.2 Å². The fraction of sp³-hybridized carbons (Fsp3) is 0.667. The number of carbonyl (C=O) groups excluding carboxylic acids is 1. The van der Waals surface area contributed by atoms with Gasteiger partial charge in [-0.3, -0.25) is 4.79 Å². The molecule has 106 valence electrons. The van der Waals surface area contributed by atoms with Gasteiger partial charge in [0.15, 0.2) is 0 Å². The molecule has 0 bridgehead atoms. The van der Waals surface area contributed by atoms with Crippen LogP contribution < -0.4 is 5.73 Å². The number of nitrogens with zero attached hydrogens (tertiary/aromatic N) is 1. The predicted octanol–water partition coefficient (Wildman–Crippen LogP) is 2.64. The Morgan fingerprint density at radius 1 is 1.53 bits per heavy atom. The van der Waals surface area contributed by atoms with Gasteiger partial charge in [0.25, 0.3) is 0 Å². The molecule has 1 atom stereocenters. The van der Waals surface area contributed by atoms with Gasteiger partial charge in [0.1, 0.15) is 0 Å². The second-order valence-corrected chi connectivity index (χ2v) is 6.87. The molecule has 1 amide bonds. The van der Waals surface area contributed by atoms with Crippen LogP contribution in [0.4, 0.5) is 0 Å². The first-order valence-electron chi connectivity index (χ1n) is 7.13. The Morgan fingerprint density at radius 2 is 2.32 bits per heavy atom. The van der Waals surface area contributed by atoms with Crippen LogP contribution in [0.25, 0.3) is 0 Å². The summed E-state index contributed by atoms with van der Waals surface area (Å²) in [5.41, 5.74) is 7.12. The number of rotatable bonds is 5. The first-order valence-corrected chi connectivity index (χ1v) is 8.01. The van der Waals surface area contributed by atoms with Gasteiger partial charge in [-0.1, -0.05) is 13.8 Å². The third kappa shape index (κ3) is 3.80. The fourth-order valence-corrected chi connectivity index (χ4v) is 3.66. The minimum absolute atomic E-state index is 0.271. The smallest absolute Gasteiger partial charge is 0.223 e. The Labute approximate surface area is 119 Å². The lowest BCUT2D eigenvalue weighted by molar-refractivity contribution is -0.133. The Morgan fingerprint density at radius 3 is 3.00 bits per heavy atom. The molecule has 1 aromatic rings. The van der Waals surface area contributed by atoms with Gasteiger partial charge in [-0.25, -0.2) is 0 Å². The van der Waals surface area contributed by atoms with Crippen LogP contribution in [-0.2, 0) is 17.8 Å². The van der Waals surface area contributed by atoms with Crippen molar-refractivity contribution in [1.82, 2.24) is 4.90 Å². The first kappa shape index (κ1) is 14.5. The van der Waals surface area contributed by atoms with Crippen molar-refractivity contribution in [3.05, 3.63) is 21.9 Å². The molecule has 0 aliphatic carbocycles. The quantitative estimate of drug-likeness (QED) is 0.901.